The highest BCUT2D eigenvalue weighted by Crippen LogP contribution is 2.39. The molecule has 2 atom stereocenters. The van der Waals surface area contributed by atoms with Crippen molar-refractivity contribution in [2.24, 2.45) is 0 Å². The number of halogens is 1. The Morgan fingerprint density at radius 1 is 1.24 bits per heavy atom. The molecule has 0 aliphatic carbocycles. The van der Waals surface area contributed by atoms with Crippen LogP contribution in [0.4, 0.5) is 5.82 Å². The summed E-state index contributed by atoms with van der Waals surface area (Å²) in [5, 5.41) is 4.15. The first kappa shape index (κ1) is 22.5. The van der Waals surface area contributed by atoms with Crippen LogP contribution in [0.5, 0.6) is 5.88 Å². The molecule has 0 bridgehead atoms. The number of hydrogen-bond donors (Lipinski definition) is 1. The summed E-state index contributed by atoms with van der Waals surface area (Å²) in [5.41, 5.74) is 3.56. The summed E-state index contributed by atoms with van der Waals surface area (Å²) in [5.74, 6) is 1.70. The van der Waals surface area contributed by atoms with Crippen LogP contribution >= 0.6 is 11.6 Å². The number of likely N-dealkylation sites (tertiary alicyclic amines) is 1. The van der Waals surface area contributed by atoms with E-state index >= 15 is 0 Å². The molecule has 9 heteroatoms. The van der Waals surface area contributed by atoms with Crippen molar-refractivity contribution < 1.29 is 9.53 Å². The van der Waals surface area contributed by atoms with Crippen molar-refractivity contribution in [1.82, 2.24) is 24.8 Å². The Morgan fingerprint density at radius 3 is 2.79 bits per heavy atom. The second kappa shape index (κ2) is 8.83. The number of carbonyl (C=O) groups excluding carboxylic acids is 1. The predicted molar refractivity (Wildman–Crippen MR) is 130 cm³/mol. The van der Waals surface area contributed by atoms with E-state index in [2.05, 4.69) is 26.3 Å². The van der Waals surface area contributed by atoms with Crippen molar-refractivity contribution in [2.75, 3.05) is 25.5 Å². The van der Waals surface area contributed by atoms with Gasteiger partial charge in [0.1, 0.15) is 5.82 Å². The summed E-state index contributed by atoms with van der Waals surface area (Å²) in [7, 11) is 1.55. The number of carbonyl (C=O) groups is 1. The molecule has 34 heavy (non-hydrogen) atoms. The topological polar surface area (TPSA) is 93.1 Å². The van der Waals surface area contributed by atoms with E-state index in [9.17, 15) is 4.79 Å². The number of hydrogen-bond acceptors (Lipinski definition) is 7. The Hall–Kier alpha value is -3.26. The zero-order valence-electron chi connectivity index (χ0n) is 19.5. The smallest absolute Gasteiger partial charge is 0.229 e. The molecule has 1 N–H and O–H groups in total. The number of pyridine rings is 2. The van der Waals surface area contributed by atoms with E-state index in [4.69, 9.17) is 21.3 Å². The minimum absolute atomic E-state index is 0.0559. The van der Waals surface area contributed by atoms with Crippen LogP contribution in [0.2, 0.25) is 5.02 Å². The molecule has 3 aromatic rings. The van der Waals surface area contributed by atoms with Crippen LogP contribution in [0.3, 0.4) is 0 Å². The van der Waals surface area contributed by atoms with E-state index in [0.29, 0.717) is 29.8 Å². The number of nitrogens with one attached hydrogen (secondary N) is 1. The van der Waals surface area contributed by atoms with Crippen LogP contribution < -0.4 is 10.1 Å². The number of anilines is 1. The molecule has 3 aromatic heterocycles. The normalized spacial score (nSPS) is 20.1. The van der Waals surface area contributed by atoms with E-state index in [-0.39, 0.29) is 17.4 Å². The van der Waals surface area contributed by atoms with Crippen LogP contribution in [0.15, 0.2) is 36.8 Å². The number of aryl methyl sites for hydroxylation is 2. The molecule has 0 radical (unpaired) electrons. The average Bonchev–Trinajstić information content (AvgIpc) is 3.26. The number of nitrogens with zero attached hydrogens (tertiary/aromatic N) is 5. The van der Waals surface area contributed by atoms with Crippen LogP contribution in [0.1, 0.15) is 42.5 Å². The van der Waals surface area contributed by atoms with Crippen molar-refractivity contribution in [3.63, 3.8) is 0 Å². The zero-order valence-corrected chi connectivity index (χ0v) is 20.3. The lowest BCUT2D eigenvalue weighted by Crippen LogP contribution is -2.46. The number of methoxy groups -OCH3 is 1. The largest absolute Gasteiger partial charge is 0.481 e. The first-order valence-corrected chi connectivity index (χ1v) is 11.8. The Kier molecular flexibility index (Phi) is 5.85. The first-order chi connectivity index (χ1) is 16.4. The van der Waals surface area contributed by atoms with Gasteiger partial charge < -0.3 is 15.0 Å². The molecule has 1 amide bonds. The van der Waals surface area contributed by atoms with Crippen LogP contribution in [0.25, 0.3) is 11.4 Å². The van der Waals surface area contributed by atoms with Gasteiger partial charge in [-0.05, 0) is 56.4 Å². The standard InChI is InChI=1S/C25H27ClN6O2/c1-15(18-12-21(34-3)29-13-20(18)26)24(33)32-10-7-25(14-32)6-5-17-11-19(16(2)30-22(17)31-25)23-27-8-4-9-28-23/h4,8-9,11-13,15H,5-7,10,14H2,1-3H3,(H,30,31). The third-order valence-electron chi connectivity index (χ3n) is 6.93. The molecule has 2 unspecified atom stereocenters. The van der Waals surface area contributed by atoms with Gasteiger partial charge in [0, 0.05) is 43.3 Å². The van der Waals surface area contributed by atoms with Crippen LogP contribution in [0, 0.1) is 6.92 Å². The average molecular weight is 479 g/mol. The molecule has 1 saturated heterocycles. The SMILES string of the molecule is COc1cc(C(C)C(=O)N2CCC3(CCc4cc(-c5ncccn5)c(C)nc4N3)C2)c(Cl)cn1. The molecule has 176 valence electrons. The molecule has 5 rings (SSSR count). The summed E-state index contributed by atoms with van der Waals surface area (Å²) in [6.07, 6.45) is 7.72. The molecule has 1 fully saturated rings. The maximum Gasteiger partial charge on any atom is 0.229 e. The van der Waals surface area contributed by atoms with Crippen LogP contribution in [-0.4, -0.2) is 56.5 Å². The Bertz CT molecular complexity index is 1240. The number of rotatable bonds is 4. The number of aromatic nitrogens is 4. The van der Waals surface area contributed by atoms with Crippen molar-refractivity contribution in [3.8, 4) is 17.3 Å². The summed E-state index contributed by atoms with van der Waals surface area (Å²) < 4.78 is 5.22. The Balaban J connectivity index is 1.33. The van der Waals surface area contributed by atoms with Gasteiger partial charge in [-0.2, -0.15) is 0 Å². The minimum Gasteiger partial charge on any atom is -0.481 e. The van der Waals surface area contributed by atoms with Crippen LogP contribution in [-0.2, 0) is 11.2 Å². The molecule has 5 heterocycles. The molecule has 2 aliphatic heterocycles. The van der Waals surface area contributed by atoms with Crippen molar-refractivity contribution in [3.05, 3.63) is 58.6 Å². The summed E-state index contributed by atoms with van der Waals surface area (Å²) in [4.78, 5) is 33.0. The van der Waals surface area contributed by atoms with E-state index in [1.807, 2.05) is 24.8 Å². The fourth-order valence-corrected chi connectivity index (χ4v) is 5.22. The Labute approximate surface area is 203 Å². The lowest BCUT2D eigenvalue weighted by atomic mass is 9.86. The minimum atomic E-state index is -0.385. The first-order valence-electron chi connectivity index (χ1n) is 11.4. The fraction of sp³-hybridized carbons (Fsp3) is 0.400. The van der Waals surface area contributed by atoms with E-state index in [0.717, 1.165) is 47.5 Å². The summed E-state index contributed by atoms with van der Waals surface area (Å²) >= 11 is 6.35. The second-order valence-corrected chi connectivity index (χ2v) is 9.49. The molecule has 1 spiro atoms. The summed E-state index contributed by atoms with van der Waals surface area (Å²) in [6, 6.07) is 5.70. The van der Waals surface area contributed by atoms with E-state index in [1.165, 1.54) is 6.20 Å². The molecule has 8 nitrogen and oxygen atoms in total. The number of fused-ring (bicyclic) bond motifs is 1. The van der Waals surface area contributed by atoms with Crippen molar-refractivity contribution in [2.45, 2.75) is 44.6 Å². The molecule has 2 aliphatic rings. The maximum absolute atomic E-state index is 13.4. The van der Waals surface area contributed by atoms with Gasteiger partial charge in [-0.1, -0.05) is 11.6 Å². The number of amides is 1. The van der Waals surface area contributed by atoms with Crippen molar-refractivity contribution in [1.29, 1.82) is 0 Å². The van der Waals surface area contributed by atoms with Gasteiger partial charge in [0.2, 0.25) is 11.8 Å². The van der Waals surface area contributed by atoms with E-state index in [1.54, 1.807) is 25.6 Å². The molecule has 0 saturated carbocycles. The fourth-order valence-electron chi connectivity index (χ4n) is 4.95. The third kappa shape index (κ3) is 4.07. The van der Waals surface area contributed by atoms with Gasteiger partial charge in [0.15, 0.2) is 5.82 Å². The zero-order chi connectivity index (χ0) is 23.9. The second-order valence-electron chi connectivity index (χ2n) is 9.09. The monoisotopic (exact) mass is 478 g/mol. The van der Waals surface area contributed by atoms with Gasteiger partial charge in [0.05, 0.1) is 29.3 Å². The highest BCUT2D eigenvalue weighted by atomic mass is 35.5. The highest BCUT2D eigenvalue weighted by Gasteiger charge is 2.43. The molecule has 0 aromatic carbocycles. The highest BCUT2D eigenvalue weighted by molar-refractivity contribution is 6.31. The van der Waals surface area contributed by atoms with Gasteiger partial charge in [0.25, 0.3) is 0 Å². The maximum atomic E-state index is 13.4. The van der Waals surface area contributed by atoms with Gasteiger partial charge in [-0.25, -0.2) is 19.9 Å². The quantitative estimate of drug-likeness (QED) is 0.604. The molecular weight excluding hydrogens is 452 g/mol. The van der Waals surface area contributed by atoms with Gasteiger partial charge in [-0.3, -0.25) is 4.79 Å². The van der Waals surface area contributed by atoms with E-state index < -0.39 is 0 Å². The van der Waals surface area contributed by atoms with Crippen molar-refractivity contribution >= 4 is 23.3 Å². The molecular formula is C25H27ClN6O2. The lowest BCUT2D eigenvalue weighted by molar-refractivity contribution is -0.131. The Morgan fingerprint density at radius 2 is 2.03 bits per heavy atom. The lowest BCUT2D eigenvalue weighted by Gasteiger charge is -2.36. The summed E-state index contributed by atoms with van der Waals surface area (Å²) in [6.45, 7) is 5.20. The predicted octanol–water partition coefficient (Wildman–Crippen LogP) is 4.04. The number of ether oxygens (including phenoxy) is 1. The van der Waals surface area contributed by atoms with Gasteiger partial charge in [-0.15, -0.1) is 0 Å². The van der Waals surface area contributed by atoms with Gasteiger partial charge >= 0.3 is 0 Å². The third-order valence-corrected chi connectivity index (χ3v) is 7.24.